The lowest BCUT2D eigenvalue weighted by molar-refractivity contribution is -0.118. The van der Waals surface area contributed by atoms with Gasteiger partial charge in [-0.05, 0) is 43.7 Å². The number of nitrogens with one attached hydrogen (secondary N) is 2. The predicted octanol–water partition coefficient (Wildman–Crippen LogP) is 4.15. The molecule has 0 heterocycles. The number of para-hydroxylation sites is 1. The Labute approximate surface area is 181 Å². The van der Waals surface area contributed by atoms with Gasteiger partial charge in [0.1, 0.15) is 5.75 Å². The summed E-state index contributed by atoms with van der Waals surface area (Å²) in [5.41, 5.74) is 3.41. The third-order valence-corrected chi connectivity index (χ3v) is 4.63. The van der Waals surface area contributed by atoms with Crippen LogP contribution in [-0.2, 0) is 11.3 Å². The van der Waals surface area contributed by atoms with Gasteiger partial charge < -0.3 is 15.4 Å². The summed E-state index contributed by atoms with van der Waals surface area (Å²) in [6.07, 6.45) is 0. The first-order valence-electron chi connectivity index (χ1n) is 9.89. The number of Topliss-reactive ketones (excluding diaryl/α,β-unsaturated/α-hetero) is 1. The minimum atomic E-state index is -0.410. The van der Waals surface area contributed by atoms with Crippen LogP contribution in [0.2, 0.25) is 0 Å². The van der Waals surface area contributed by atoms with Crippen molar-refractivity contribution in [2.24, 2.45) is 0 Å². The van der Waals surface area contributed by atoms with Crippen molar-refractivity contribution < 1.29 is 19.1 Å². The van der Waals surface area contributed by atoms with Crippen molar-refractivity contribution in [1.82, 2.24) is 5.32 Å². The van der Waals surface area contributed by atoms with Crippen LogP contribution in [0.15, 0.2) is 72.8 Å². The summed E-state index contributed by atoms with van der Waals surface area (Å²) in [6, 6.07) is 21.3. The average molecular weight is 416 g/mol. The van der Waals surface area contributed by atoms with Crippen molar-refractivity contribution >= 4 is 23.3 Å². The van der Waals surface area contributed by atoms with E-state index < -0.39 is 5.91 Å². The number of hydrogen-bond acceptors (Lipinski definition) is 4. The Kier molecular flexibility index (Phi) is 7.17. The molecule has 0 aromatic heterocycles. The number of aryl methyl sites for hydroxylation is 1. The highest BCUT2D eigenvalue weighted by atomic mass is 16.5. The summed E-state index contributed by atoms with van der Waals surface area (Å²) in [7, 11) is 0. The molecule has 0 atom stereocenters. The van der Waals surface area contributed by atoms with Gasteiger partial charge in [-0.25, -0.2) is 0 Å². The van der Waals surface area contributed by atoms with Gasteiger partial charge in [0.05, 0.1) is 11.3 Å². The number of anilines is 1. The van der Waals surface area contributed by atoms with E-state index in [-0.39, 0.29) is 18.3 Å². The number of ether oxygens (including phenoxy) is 1. The van der Waals surface area contributed by atoms with Gasteiger partial charge in [-0.15, -0.1) is 0 Å². The van der Waals surface area contributed by atoms with Crippen LogP contribution in [0.25, 0.3) is 0 Å². The molecule has 3 aromatic rings. The van der Waals surface area contributed by atoms with Crippen LogP contribution in [0.4, 0.5) is 5.69 Å². The van der Waals surface area contributed by atoms with Crippen LogP contribution in [0, 0.1) is 6.92 Å². The molecule has 0 aliphatic carbocycles. The molecule has 0 bridgehead atoms. The van der Waals surface area contributed by atoms with E-state index in [0.29, 0.717) is 29.1 Å². The molecule has 6 nitrogen and oxygen atoms in total. The lowest BCUT2D eigenvalue weighted by atomic mass is 10.1. The monoisotopic (exact) mass is 416 g/mol. The van der Waals surface area contributed by atoms with E-state index in [1.54, 1.807) is 48.5 Å². The molecular formula is C25H24N2O4. The van der Waals surface area contributed by atoms with Crippen molar-refractivity contribution in [1.29, 1.82) is 0 Å². The molecular weight excluding hydrogens is 392 g/mol. The van der Waals surface area contributed by atoms with E-state index in [2.05, 4.69) is 10.6 Å². The predicted molar refractivity (Wildman–Crippen MR) is 119 cm³/mol. The molecule has 0 aliphatic rings. The fraction of sp³-hybridized carbons (Fsp3) is 0.160. The van der Waals surface area contributed by atoms with Crippen LogP contribution in [0.5, 0.6) is 5.75 Å². The maximum absolute atomic E-state index is 12.6. The quantitative estimate of drug-likeness (QED) is 0.541. The number of carbonyl (C=O) groups excluding carboxylic acids is 3. The summed E-state index contributed by atoms with van der Waals surface area (Å²) in [5.74, 6) is -0.356. The van der Waals surface area contributed by atoms with Crippen LogP contribution in [0.3, 0.4) is 0 Å². The van der Waals surface area contributed by atoms with Gasteiger partial charge in [-0.3, -0.25) is 14.4 Å². The van der Waals surface area contributed by atoms with E-state index in [4.69, 9.17) is 4.74 Å². The second-order valence-electron chi connectivity index (χ2n) is 7.13. The van der Waals surface area contributed by atoms with Crippen molar-refractivity contribution in [2.45, 2.75) is 20.4 Å². The van der Waals surface area contributed by atoms with Crippen LogP contribution in [-0.4, -0.2) is 24.2 Å². The lowest BCUT2D eigenvalue weighted by Gasteiger charge is -2.12. The second kappa shape index (κ2) is 10.2. The number of rotatable bonds is 8. The minimum absolute atomic E-state index is 0.0829. The van der Waals surface area contributed by atoms with Crippen LogP contribution in [0.1, 0.15) is 38.8 Å². The third kappa shape index (κ3) is 6.27. The van der Waals surface area contributed by atoms with Crippen molar-refractivity contribution in [2.75, 3.05) is 11.9 Å². The number of benzene rings is 3. The van der Waals surface area contributed by atoms with Gasteiger partial charge in [0.25, 0.3) is 11.8 Å². The normalized spacial score (nSPS) is 10.3. The number of hydrogen-bond donors (Lipinski definition) is 2. The number of carbonyl (C=O) groups is 3. The number of amides is 2. The van der Waals surface area contributed by atoms with Gasteiger partial charge in [0.15, 0.2) is 12.4 Å². The zero-order valence-electron chi connectivity index (χ0n) is 17.5. The molecule has 3 aromatic carbocycles. The maximum Gasteiger partial charge on any atom is 0.262 e. The smallest absolute Gasteiger partial charge is 0.262 e. The Hall–Kier alpha value is -3.93. The van der Waals surface area contributed by atoms with Gasteiger partial charge in [0, 0.05) is 12.1 Å². The molecule has 0 radical (unpaired) electrons. The van der Waals surface area contributed by atoms with Crippen molar-refractivity contribution in [3.63, 3.8) is 0 Å². The zero-order chi connectivity index (χ0) is 22.2. The molecule has 0 fully saturated rings. The first kappa shape index (κ1) is 21.8. The highest BCUT2D eigenvalue weighted by Gasteiger charge is 2.13. The van der Waals surface area contributed by atoms with Crippen molar-refractivity contribution in [3.8, 4) is 5.75 Å². The molecule has 158 valence electrons. The molecule has 2 N–H and O–H groups in total. The Bertz CT molecular complexity index is 1090. The van der Waals surface area contributed by atoms with Gasteiger partial charge in [-0.1, -0.05) is 54.1 Å². The lowest BCUT2D eigenvalue weighted by Crippen LogP contribution is -2.26. The molecule has 0 saturated heterocycles. The molecule has 6 heteroatoms. The second-order valence-corrected chi connectivity index (χ2v) is 7.13. The summed E-state index contributed by atoms with van der Waals surface area (Å²) in [5, 5.41) is 5.58. The largest absolute Gasteiger partial charge is 0.484 e. The van der Waals surface area contributed by atoms with Crippen LogP contribution < -0.4 is 15.4 Å². The van der Waals surface area contributed by atoms with E-state index in [1.807, 2.05) is 31.2 Å². The molecule has 0 unspecified atom stereocenters. The highest BCUT2D eigenvalue weighted by molar-refractivity contribution is 6.04. The van der Waals surface area contributed by atoms with E-state index in [1.165, 1.54) is 6.92 Å². The summed E-state index contributed by atoms with van der Waals surface area (Å²) < 4.78 is 5.48. The average Bonchev–Trinajstić information content (AvgIpc) is 2.77. The third-order valence-electron chi connectivity index (χ3n) is 4.63. The summed E-state index contributed by atoms with van der Waals surface area (Å²) in [6.45, 7) is 3.61. The van der Waals surface area contributed by atoms with Crippen molar-refractivity contribution in [3.05, 3.63) is 95.1 Å². The maximum atomic E-state index is 12.6. The fourth-order valence-electron chi connectivity index (χ4n) is 2.91. The summed E-state index contributed by atoms with van der Waals surface area (Å²) in [4.78, 5) is 36.5. The Morgan fingerprint density at radius 3 is 2.39 bits per heavy atom. The van der Waals surface area contributed by atoms with Crippen LogP contribution >= 0.6 is 0 Å². The highest BCUT2D eigenvalue weighted by Crippen LogP contribution is 2.17. The SMILES string of the molecule is CC(=O)c1cccc(OCC(=O)Nc2ccccc2C(=O)NCc2ccc(C)cc2)c1. The molecule has 2 amide bonds. The topological polar surface area (TPSA) is 84.5 Å². The van der Waals surface area contributed by atoms with E-state index in [9.17, 15) is 14.4 Å². The minimum Gasteiger partial charge on any atom is -0.484 e. The zero-order valence-corrected chi connectivity index (χ0v) is 17.5. The first-order valence-corrected chi connectivity index (χ1v) is 9.89. The number of ketones is 1. The standard InChI is InChI=1S/C25H24N2O4/c1-17-10-12-19(13-11-17)15-26-25(30)22-8-3-4-9-23(22)27-24(29)16-31-21-7-5-6-20(14-21)18(2)28/h3-14H,15-16H2,1-2H3,(H,26,30)(H,27,29). The molecule has 0 saturated carbocycles. The Morgan fingerprint density at radius 2 is 1.65 bits per heavy atom. The molecule has 31 heavy (non-hydrogen) atoms. The van der Waals surface area contributed by atoms with E-state index in [0.717, 1.165) is 11.1 Å². The molecule has 3 rings (SSSR count). The molecule has 0 spiro atoms. The first-order chi connectivity index (χ1) is 14.9. The van der Waals surface area contributed by atoms with Gasteiger partial charge >= 0.3 is 0 Å². The molecule has 0 aliphatic heterocycles. The van der Waals surface area contributed by atoms with Gasteiger partial charge in [-0.2, -0.15) is 0 Å². The van der Waals surface area contributed by atoms with Gasteiger partial charge in [0.2, 0.25) is 0 Å². The fourth-order valence-corrected chi connectivity index (χ4v) is 2.91. The Morgan fingerprint density at radius 1 is 0.903 bits per heavy atom. The van der Waals surface area contributed by atoms with E-state index >= 15 is 0 Å². The summed E-state index contributed by atoms with van der Waals surface area (Å²) >= 11 is 0. The Balaban J connectivity index is 1.59.